The Morgan fingerprint density at radius 2 is 1.83 bits per heavy atom. The fourth-order valence-electron chi connectivity index (χ4n) is 3.89. The van der Waals surface area contributed by atoms with E-state index in [-0.39, 0.29) is 6.03 Å². The third-order valence-corrected chi connectivity index (χ3v) is 5.60. The third-order valence-electron chi connectivity index (χ3n) is 5.60. The van der Waals surface area contributed by atoms with Crippen molar-refractivity contribution in [3.05, 3.63) is 35.9 Å². The van der Waals surface area contributed by atoms with Gasteiger partial charge in [0.2, 0.25) is 0 Å². The summed E-state index contributed by atoms with van der Waals surface area (Å²) in [5.74, 6) is 1.25. The van der Waals surface area contributed by atoms with Crippen LogP contribution in [0.2, 0.25) is 0 Å². The number of likely N-dealkylation sites (tertiary alicyclic amines) is 1. The minimum atomic E-state index is 0.0218. The number of rotatable bonds is 5. The smallest absolute Gasteiger partial charge is 0.315 e. The molecule has 0 spiro atoms. The van der Waals surface area contributed by atoms with Crippen LogP contribution in [-0.2, 0) is 0 Å². The maximum atomic E-state index is 12.1. The molecule has 3 fully saturated rings. The van der Waals surface area contributed by atoms with Gasteiger partial charge in [-0.2, -0.15) is 0 Å². The second kappa shape index (κ2) is 6.52. The molecule has 2 amide bonds. The van der Waals surface area contributed by atoms with Crippen molar-refractivity contribution in [2.45, 2.75) is 50.1 Å². The van der Waals surface area contributed by atoms with Crippen molar-refractivity contribution < 1.29 is 4.79 Å². The van der Waals surface area contributed by atoms with Gasteiger partial charge in [0.1, 0.15) is 0 Å². The summed E-state index contributed by atoms with van der Waals surface area (Å²) in [5, 5.41) is 6.23. The van der Waals surface area contributed by atoms with Gasteiger partial charge < -0.3 is 15.5 Å². The van der Waals surface area contributed by atoms with Crippen LogP contribution in [0.3, 0.4) is 0 Å². The van der Waals surface area contributed by atoms with E-state index in [4.69, 9.17) is 0 Å². The molecule has 2 aliphatic carbocycles. The lowest BCUT2D eigenvalue weighted by atomic mass is 10.1. The van der Waals surface area contributed by atoms with E-state index in [1.54, 1.807) is 0 Å². The number of piperidine rings is 1. The number of benzene rings is 1. The van der Waals surface area contributed by atoms with Crippen LogP contribution in [-0.4, -0.2) is 42.6 Å². The van der Waals surface area contributed by atoms with Crippen molar-refractivity contribution in [3.63, 3.8) is 0 Å². The molecular weight excluding hydrogens is 286 g/mol. The fourth-order valence-corrected chi connectivity index (χ4v) is 3.89. The summed E-state index contributed by atoms with van der Waals surface area (Å²) in [6, 6.07) is 11.9. The van der Waals surface area contributed by atoms with E-state index in [2.05, 4.69) is 45.9 Å². The van der Waals surface area contributed by atoms with Gasteiger partial charge in [0.05, 0.1) is 0 Å². The topological polar surface area (TPSA) is 44.4 Å². The quantitative estimate of drug-likeness (QED) is 0.878. The molecule has 1 saturated heterocycles. The zero-order chi connectivity index (χ0) is 15.6. The molecule has 1 heterocycles. The minimum absolute atomic E-state index is 0.0218. The number of hydrogen-bond donors (Lipinski definition) is 2. The SMILES string of the molecule is O=C(NCC1CC1c1ccccc1)NC1CCN(C2CC2)CC1. The fraction of sp³-hybridized carbons (Fsp3) is 0.632. The van der Waals surface area contributed by atoms with Crippen molar-refractivity contribution >= 4 is 6.03 Å². The van der Waals surface area contributed by atoms with Gasteiger partial charge in [0.15, 0.2) is 0 Å². The summed E-state index contributed by atoms with van der Waals surface area (Å²) >= 11 is 0. The first-order chi connectivity index (χ1) is 11.3. The molecule has 0 radical (unpaired) electrons. The van der Waals surface area contributed by atoms with Crippen molar-refractivity contribution in [3.8, 4) is 0 Å². The molecule has 2 saturated carbocycles. The van der Waals surface area contributed by atoms with Gasteiger partial charge in [-0.25, -0.2) is 4.79 Å². The standard InChI is InChI=1S/C19H27N3O/c23-19(21-16-8-10-22(11-9-16)17-6-7-17)20-13-15-12-18(15)14-4-2-1-3-5-14/h1-5,15-18H,6-13H2,(H2,20,21,23). The predicted octanol–water partition coefficient (Wildman–Crippen LogP) is 2.72. The normalized spacial score (nSPS) is 28.3. The maximum absolute atomic E-state index is 12.1. The lowest BCUT2D eigenvalue weighted by Gasteiger charge is -2.32. The molecule has 3 aliphatic rings. The number of nitrogens with zero attached hydrogens (tertiary/aromatic N) is 1. The Bertz CT molecular complexity index is 535. The minimum Gasteiger partial charge on any atom is -0.338 e. The van der Waals surface area contributed by atoms with Gasteiger partial charge in [-0.15, -0.1) is 0 Å². The molecule has 2 N–H and O–H groups in total. The number of nitrogens with one attached hydrogen (secondary N) is 2. The van der Waals surface area contributed by atoms with Crippen LogP contribution in [0.15, 0.2) is 30.3 Å². The highest BCUT2D eigenvalue weighted by Crippen LogP contribution is 2.46. The Morgan fingerprint density at radius 1 is 1.09 bits per heavy atom. The van der Waals surface area contributed by atoms with E-state index in [9.17, 15) is 4.79 Å². The summed E-state index contributed by atoms with van der Waals surface area (Å²) in [6.07, 6.45) is 6.15. The molecular formula is C19H27N3O. The lowest BCUT2D eigenvalue weighted by Crippen LogP contribution is -2.48. The van der Waals surface area contributed by atoms with E-state index in [1.807, 2.05) is 0 Å². The Balaban J connectivity index is 1.14. The molecule has 124 valence electrons. The van der Waals surface area contributed by atoms with E-state index in [0.717, 1.165) is 38.5 Å². The van der Waals surface area contributed by atoms with E-state index >= 15 is 0 Å². The van der Waals surface area contributed by atoms with Crippen LogP contribution in [0.4, 0.5) is 4.79 Å². The van der Waals surface area contributed by atoms with Crippen LogP contribution in [0, 0.1) is 5.92 Å². The Morgan fingerprint density at radius 3 is 2.52 bits per heavy atom. The highest BCUT2D eigenvalue weighted by atomic mass is 16.2. The van der Waals surface area contributed by atoms with Gasteiger partial charge in [-0.05, 0) is 49.5 Å². The van der Waals surface area contributed by atoms with Crippen LogP contribution in [0.1, 0.15) is 43.6 Å². The van der Waals surface area contributed by atoms with Crippen LogP contribution in [0.5, 0.6) is 0 Å². The molecule has 1 aromatic rings. The maximum Gasteiger partial charge on any atom is 0.315 e. The first-order valence-corrected chi connectivity index (χ1v) is 9.13. The summed E-state index contributed by atoms with van der Waals surface area (Å²) in [6.45, 7) is 3.09. The largest absolute Gasteiger partial charge is 0.338 e. The zero-order valence-corrected chi connectivity index (χ0v) is 13.7. The highest BCUT2D eigenvalue weighted by Gasteiger charge is 2.38. The first-order valence-electron chi connectivity index (χ1n) is 9.13. The van der Waals surface area contributed by atoms with Gasteiger partial charge in [0, 0.05) is 31.7 Å². The molecule has 4 rings (SSSR count). The van der Waals surface area contributed by atoms with E-state index in [1.165, 1.54) is 24.8 Å². The van der Waals surface area contributed by atoms with Gasteiger partial charge in [-0.3, -0.25) is 0 Å². The van der Waals surface area contributed by atoms with E-state index in [0.29, 0.717) is 17.9 Å². The average molecular weight is 313 g/mol. The second-order valence-corrected chi connectivity index (χ2v) is 7.41. The third kappa shape index (κ3) is 3.86. The first kappa shape index (κ1) is 15.0. The van der Waals surface area contributed by atoms with Crippen LogP contribution < -0.4 is 10.6 Å². The van der Waals surface area contributed by atoms with Gasteiger partial charge >= 0.3 is 6.03 Å². The van der Waals surface area contributed by atoms with E-state index < -0.39 is 0 Å². The Labute approximate surface area is 138 Å². The Hall–Kier alpha value is -1.55. The summed E-state index contributed by atoms with van der Waals surface area (Å²) in [7, 11) is 0. The molecule has 1 aromatic carbocycles. The summed E-state index contributed by atoms with van der Waals surface area (Å²) in [4.78, 5) is 14.7. The molecule has 0 aromatic heterocycles. The molecule has 2 atom stereocenters. The summed E-state index contributed by atoms with van der Waals surface area (Å²) in [5.41, 5.74) is 1.41. The number of carbonyl (C=O) groups excluding carboxylic acids is 1. The average Bonchev–Trinajstić information content (AvgIpc) is 3.48. The molecule has 0 bridgehead atoms. The highest BCUT2D eigenvalue weighted by molar-refractivity contribution is 5.74. The van der Waals surface area contributed by atoms with Crippen LogP contribution in [0.25, 0.3) is 0 Å². The molecule has 4 nitrogen and oxygen atoms in total. The van der Waals surface area contributed by atoms with Crippen molar-refractivity contribution in [1.82, 2.24) is 15.5 Å². The van der Waals surface area contributed by atoms with Crippen molar-refractivity contribution in [2.24, 2.45) is 5.92 Å². The monoisotopic (exact) mass is 313 g/mol. The molecule has 4 heteroatoms. The zero-order valence-electron chi connectivity index (χ0n) is 13.7. The van der Waals surface area contributed by atoms with Crippen LogP contribution >= 0.6 is 0 Å². The predicted molar refractivity (Wildman–Crippen MR) is 91.4 cm³/mol. The van der Waals surface area contributed by atoms with Gasteiger partial charge in [-0.1, -0.05) is 30.3 Å². The number of amides is 2. The second-order valence-electron chi connectivity index (χ2n) is 7.41. The molecule has 1 aliphatic heterocycles. The lowest BCUT2D eigenvalue weighted by molar-refractivity contribution is 0.186. The van der Waals surface area contributed by atoms with Gasteiger partial charge in [0.25, 0.3) is 0 Å². The van der Waals surface area contributed by atoms with Crippen molar-refractivity contribution in [2.75, 3.05) is 19.6 Å². The van der Waals surface area contributed by atoms with Crippen molar-refractivity contribution in [1.29, 1.82) is 0 Å². The molecule has 23 heavy (non-hydrogen) atoms. The number of urea groups is 1. The summed E-state index contributed by atoms with van der Waals surface area (Å²) < 4.78 is 0. The number of carbonyl (C=O) groups is 1. The number of hydrogen-bond acceptors (Lipinski definition) is 2. The molecule has 2 unspecified atom stereocenters. The Kier molecular flexibility index (Phi) is 4.25.